The molecular weight excluding hydrogens is 304 g/mol. The minimum Gasteiger partial charge on any atom is -0.381 e. The number of anilines is 1. The molecule has 0 amide bonds. The third-order valence-corrected chi connectivity index (χ3v) is 4.71. The quantitative estimate of drug-likeness (QED) is 0.900. The molecule has 4 heteroatoms. The van der Waals surface area contributed by atoms with Gasteiger partial charge in [-0.05, 0) is 50.3 Å². The van der Waals surface area contributed by atoms with Crippen molar-refractivity contribution in [3.63, 3.8) is 0 Å². The first kappa shape index (κ1) is 13.0. The van der Waals surface area contributed by atoms with Crippen LogP contribution < -0.4 is 5.32 Å². The van der Waals surface area contributed by atoms with Crippen molar-refractivity contribution in [1.29, 1.82) is 5.26 Å². The largest absolute Gasteiger partial charge is 0.381 e. The number of benzene rings is 1. The predicted molar refractivity (Wildman–Crippen MR) is 78.0 cm³/mol. The number of rotatable bonds is 2. The van der Waals surface area contributed by atoms with E-state index in [2.05, 4.69) is 27.3 Å². The third-order valence-electron chi connectivity index (χ3n) is 4.22. The second-order valence-electron chi connectivity index (χ2n) is 5.52. The summed E-state index contributed by atoms with van der Waals surface area (Å²) >= 11 is 3.46. The Labute approximate surface area is 122 Å². The van der Waals surface area contributed by atoms with Crippen LogP contribution in [0.1, 0.15) is 37.7 Å². The number of hydrogen-bond donors (Lipinski definition) is 1. The summed E-state index contributed by atoms with van der Waals surface area (Å²) in [7, 11) is 0. The molecule has 3 nitrogen and oxygen atoms in total. The number of nitrogens with one attached hydrogen (secondary N) is 1. The van der Waals surface area contributed by atoms with E-state index in [1.54, 1.807) is 0 Å². The van der Waals surface area contributed by atoms with Crippen molar-refractivity contribution >= 4 is 21.6 Å². The van der Waals surface area contributed by atoms with E-state index in [1.807, 2.05) is 18.2 Å². The van der Waals surface area contributed by atoms with Crippen LogP contribution in [0.15, 0.2) is 22.7 Å². The van der Waals surface area contributed by atoms with Crippen LogP contribution in [-0.4, -0.2) is 18.2 Å². The van der Waals surface area contributed by atoms with Gasteiger partial charge in [0.2, 0.25) is 0 Å². The van der Waals surface area contributed by atoms with Gasteiger partial charge in [0.15, 0.2) is 0 Å². The first-order chi connectivity index (χ1) is 9.21. The van der Waals surface area contributed by atoms with Crippen molar-refractivity contribution in [3.05, 3.63) is 28.2 Å². The Balaban J connectivity index is 1.74. The average Bonchev–Trinajstić information content (AvgIpc) is 2.37. The summed E-state index contributed by atoms with van der Waals surface area (Å²) in [5, 5.41) is 12.7. The molecule has 2 aliphatic rings. The summed E-state index contributed by atoms with van der Waals surface area (Å²) in [6.07, 6.45) is 5.74. The fraction of sp³-hybridized carbons (Fsp3) is 0.533. The molecule has 19 heavy (non-hydrogen) atoms. The lowest BCUT2D eigenvalue weighted by Gasteiger charge is -2.47. The van der Waals surface area contributed by atoms with E-state index in [4.69, 9.17) is 10.00 Å². The van der Waals surface area contributed by atoms with Gasteiger partial charge < -0.3 is 10.1 Å². The minimum absolute atomic E-state index is 0.134. The summed E-state index contributed by atoms with van der Waals surface area (Å²) in [4.78, 5) is 0. The Kier molecular flexibility index (Phi) is 3.51. The number of hydrogen-bond acceptors (Lipinski definition) is 3. The highest BCUT2D eigenvalue weighted by atomic mass is 79.9. The van der Waals surface area contributed by atoms with E-state index < -0.39 is 0 Å². The van der Waals surface area contributed by atoms with Crippen LogP contribution in [0.3, 0.4) is 0 Å². The smallest absolute Gasteiger partial charge is 0.101 e. The molecule has 1 saturated carbocycles. The first-order valence-electron chi connectivity index (χ1n) is 6.81. The topological polar surface area (TPSA) is 45.0 Å². The van der Waals surface area contributed by atoms with E-state index in [0.717, 1.165) is 29.6 Å². The van der Waals surface area contributed by atoms with E-state index in [0.29, 0.717) is 11.6 Å². The highest BCUT2D eigenvalue weighted by Gasteiger charge is 2.42. The molecule has 1 aromatic rings. The van der Waals surface area contributed by atoms with Gasteiger partial charge in [0.1, 0.15) is 6.07 Å². The Morgan fingerprint density at radius 1 is 1.42 bits per heavy atom. The van der Waals surface area contributed by atoms with Gasteiger partial charge in [0.05, 0.1) is 16.9 Å². The van der Waals surface area contributed by atoms with Crippen molar-refractivity contribution in [2.45, 2.75) is 43.7 Å². The van der Waals surface area contributed by atoms with Crippen molar-refractivity contribution < 1.29 is 4.74 Å². The van der Waals surface area contributed by atoms with Crippen molar-refractivity contribution in [1.82, 2.24) is 0 Å². The molecule has 1 saturated heterocycles. The van der Waals surface area contributed by atoms with Crippen LogP contribution >= 0.6 is 15.9 Å². The summed E-state index contributed by atoms with van der Waals surface area (Å²) in [5.74, 6) is 0. The molecule has 1 spiro atoms. The maximum atomic E-state index is 9.17. The zero-order valence-electron chi connectivity index (χ0n) is 10.8. The van der Waals surface area contributed by atoms with E-state index in [-0.39, 0.29) is 5.60 Å². The van der Waals surface area contributed by atoms with E-state index in [1.165, 1.54) is 19.3 Å². The molecule has 1 aliphatic carbocycles. The SMILES string of the molecule is N#Cc1ccc(Br)cc1NC1CCOC2(CCC2)C1. The van der Waals surface area contributed by atoms with Gasteiger partial charge in [-0.1, -0.05) is 15.9 Å². The molecule has 0 radical (unpaired) electrons. The van der Waals surface area contributed by atoms with Crippen molar-refractivity contribution in [2.24, 2.45) is 0 Å². The molecule has 0 bridgehead atoms. The van der Waals surface area contributed by atoms with Gasteiger partial charge in [0, 0.05) is 17.1 Å². The zero-order valence-corrected chi connectivity index (χ0v) is 12.4. The molecule has 1 heterocycles. The van der Waals surface area contributed by atoms with Gasteiger partial charge >= 0.3 is 0 Å². The standard InChI is InChI=1S/C15H17BrN2O/c16-12-3-2-11(10-17)14(8-12)18-13-4-7-19-15(9-13)5-1-6-15/h2-3,8,13,18H,1,4-7,9H2. The first-order valence-corrected chi connectivity index (χ1v) is 7.60. The zero-order chi connectivity index (χ0) is 13.3. The lowest BCUT2D eigenvalue weighted by molar-refractivity contribution is -0.130. The summed E-state index contributed by atoms with van der Waals surface area (Å²) in [5.41, 5.74) is 1.77. The fourth-order valence-electron chi connectivity index (χ4n) is 3.02. The van der Waals surface area contributed by atoms with Gasteiger partial charge in [0.25, 0.3) is 0 Å². The van der Waals surface area contributed by atoms with Crippen LogP contribution in [0.4, 0.5) is 5.69 Å². The van der Waals surface area contributed by atoms with Crippen LogP contribution in [0.5, 0.6) is 0 Å². The molecule has 0 aromatic heterocycles. The molecule has 3 rings (SSSR count). The van der Waals surface area contributed by atoms with Gasteiger partial charge in [-0.15, -0.1) is 0 Å². The number of nitrogens with zero attached hydrogens (tertiary/aromatic N) is 1. The summed E-state index contributed by atoms with van der Waals surface area (Å²) < 4.78 is 6.93. The third kappa shape index (κ3) is 2.63. The molecule has 100 valence electrons. The minimum atomic E-state index is 0.134. The molecule has 1 atom stereocenters. The molecule has 1 aromatic carbocycles. The normalized spacial score (nSPS) is 24.5. The maximum Gasteiger partial charge on any atom is 0.101 e. The fourth-order valence-corrected chi connectivity index (χ4v) is 3.38. The molecular formula is C15H17BrN2O. The highest BCUT2D eigenvalue weighted by molar-refractivity contribution is 9.10. The summed E-state index contributed by atoms with van der Waals surface area (Å²) in [6.45, 7) is 0.827. The molecule has 2 fully saturated rings. The molecule has 1 unspecified atom stereocenters. The van der Waals surface area contributed by atoms with E-state index in [9.17, 15) is 0 Å². The highest BCUT2D eigenvalue weighted by Crippen LogP contribution is 2.43. The molecule has 1 N–H and O–H groups in total. The Bertz CT molecular complexity index is 519. The van der Waals surface area contributed by atoms with Crippen LogP contribution in [-0.2, 0) is 4.74 Å². The second kappa shape index (κ2) is 5.15. The van der Waals surface area contributed by atoms with Gasteiger partial charge in [-0.2, -0.15) is 5.26 Å². The lowest BCUT2D eigenvalue weighted by atomic mass is 9.74. The van der Waals surface area contributed by atoms with Gasteiger partial charge in [-0.3, -0.25) is 0 Å². The average molecular weight is 321 g/mol. The number of halogens is 1. The number of nitriles is 1. The van der Waals surface area contributed by atoms with Crippen molar-refractivity contribution in [2.75, 3.05) is 11.9 Å². The Morgan fingerprint density at radius 3 is 2.95 bits per heavy atom. The van der Waals surface area contributed by atoms with Crippen LogP contribution in [0.2, 0.25) is 0 Å². The lowest BCUT2D eigenvalue weighted by Crippen LogP contribution is -2.49. The van der Waals surface area contributed by atoms with Crippen LogP contribution in [0, 0.1) is 11.3 Å². The van der Waals surface area contributed by atoms with E-state index >= 15 is 0 Å². The number of ether oxygens (including phenoxy) is 1. The monoisotopic (exact) mass is 320 g/mol. The summed E-state index contributed by atoms with van der Waals surface area (Å²) in [6, 6.07) is 8.40. The molecule has 1 aliphatic heterocycles. The second-order valence-corrected chi connectivity index (χ2v) is 6.44. The van der Waals surface area contributed by atoms with Crippen molar-refractivity contribution in [3.8, 4) is 6.07 Å². The maximum absolute atomic E-state index is 9.17. The Morgan fingerprint density at radius 2 is 2.26 bits per heavy atom. The van der Waals surface area contributed by atoms with Crippen LogP contribution in [0.25, 0.3) is 0 Å². The van der Waals surface area contributed by atoms with Gasteiger partial charge in [-0.25, -0.2) is 0 Å². The Hall–Kier alpha value is -1.05. The predicted octanol–water partition coefficient (Wildman–Crippen LogP) is 3.83.